The summed E-state index contributed by atoms with van der Waals surface area (Å²) in [5.74, 6) is 0. The molecular formula is C11H13Cl2N. The fourth-order valence-corrected chi connectivity index (χ4v) is 1.83. The molecule has 0 radical (unpaired) electrons. The quantitative estimate of drug-likeness (QED) is 0.781. The molecule has 0 saturated heterocycles. The smallest absolute Gasteiger partial charge is 0.0424 e. The molecule has 0 aliphatic carbocycles. The van der Waals surface area contributed by atoms with E-state index in [4.69, 9.17) is 28.9 Å². The molecule has 0 bridgehead atoms. The van der Waals surface area contributed by atoms with Gasteiger partial charge in [0.05, 0.1) is 0 Å². The maximum atomic E-state index is 5.96. The van der Waals surface area contributed by atoms with Crippen LogP contribution in [0.3, 0.4) is 0 Å². The van der Waals surface area contributed by atoms with Crippen LogP contribution in [0.1, 0.15) is 24.9 Å². The van der Waals surface area contributed by atoms with E-state index in [-0.39, 0.29) is 6.04 Å². The highest BCUT2D eigenvalue weighted by molar-refractivity contribution is 6.34. The Hall–Kier alpha value is -0.500. The second kappa shape index (κ2) is 4.83. The van der Waals surface area contributed by atoms with Crippen LogP contribution < -0.4 is 5.73 Å². The van der Waals surface area contributed by atoms with Crippen LogP contribution in [0.25, 0.3) is 0 Å². The molecule has 0 aliphatic rings. The summed E-state index contributed by atoms with van der Waals surface area (Å²) < 4.78 is 0. The zero-order valence-corrected chi connectivity index (χ0v) is 9.57. The average Bonchev–Trinajstić information content (AvgIpc) is 2.00. The Kier molecular flexibility index (Phi) is 3.99. The minimum Gasteiger partial charge on any atom is -0.324 e. The van der Waals surface area contributed by atoms with Gasteiger partial charge in [-0.3, -0.25) is 0 Å². The molecule has 1 aromatic rings. The molecule has 0 unspecified atom stereocenters. The monoisotopic (exact) mass is 229 g/mol. The summed E-state index contributed by atoms with van der Waals surface area (Å²) in [7, 11) is 0. The first-order valence-corrected chi connectivity index (χ1v) is 5.10. The van der Waals surface area contributed by atoms with Crippen LogP contribution in [0.2, 0.25) is 10.0 Å². The molecular weight excluding hydrogens is 217 g/mol. The van der Waals surface area contributed by atoms with Gasteiger partial charge in [-0.25, -0.2) is 0 Å². The number of hydrogen-bond acceptors (Lipinski definition) is 1. The van der Waals surface area contributed by atoms with Crippen LogP contribution in [0, 0.1) is 0 Å². The fourth-order valence-electron chi connectivity index (χ4n) is 1.28. The Morgan fingerprint density at radius 3 is 2.29 bits per heavy atom. The molecule has 0 amide bonds. The molecule has 0 saturated carbocycles. The molecule has 14 heavy (non-hydrogen) atoms. The van der Waals surface area contributed by atoms with Gasteiger partial charge in [-0.15, -0.1) is 6.58 Å². The minimum absolute atomic E-state index is 0.0799. The molecule has 0 spiro atoms. The Bertz CT molecular complexity index is 327. The highest BCUT2D eigenvalue weighted by Gasteiger charge is 2.07. The van der Waals surface area contributed by atoms with Gasteiger partial charge in [-0.05, 0) is 37.1 Å². The third-order valence-electron chi connectivity index (χ3n) is 1.88. The molecule has 3 heteroatoms. The van der Waals surface area contributed by atoms with E-state index in [0.717, 1.165) is 17.6 Å². The zero-order chi connectivity index (χ0) is 10.7. The second-order valence-electron chi connectivity index (χ2n) is 3.47. The predicted molar refractivity (Wildman–Crippen MR) is 62.8 cm³/mol. The number of hydrogen-bond donors (Lipinski definition) is 1. The average molecular weight is 230 g/mol. The lowest BCUT2D eigenvalue weighted by Crippen LogP contribution is -2.10. The molecule has 0 fully saturated rings. The Labute approximate surface area is 94.5 Å². The molecule has 1 atom stereocenters. The molecule has 2 N–H and O–H groups in total. The van der Waals surface area contributed by atoms with Crippen molar-refractivity contribution < 1.29 is 0 Å². The first kappa shape index (κ1) is 11.6. The fraction of sp³-hybridized carbons (Fsp3) is 0.273. The van der Waals surface area contributed by atoms with E-state index >= 15 is 0 Å². The van der Waals surface area contributed by atoms with Gasteiger partial charge in [0.2, 0.25) is 0 Å². The zero-order valence-electron chi connectivity index (χ0n) is 8.06. The van der Waals surface area contributed by atoms with Crippen LogP contribution in [0.15, 0.2) is 30.4 Å². The van der Waals surface area contributed by atoms with Crippen LogP contribution in [0.4, 0.5) is 0 Å². The van der Waals surface area contributed by atoms with E-state index in [0.29, 0.717) is 10.0 Å². The van der Waals surface area contributed by atoms with Crippen molar-refractivity contribution >= 4 is 23.2 Å². The van der Waals surface area contributed by atoms with Crippen molar-refractivity contribution in [3.8, 4) is 0 Å². The van der Waals surface area contributed by atoms with Crippen molar-refractivity contribution in [1.29, 1.82) is 0 Å². The lowest BCUT2D eigenvalue weighted by Gasteiger charge is -2.12. The van der Waals surface area contributed by atoms with Crippen molar-refractivity contribution in [3.05, 3.63) is 46.0 Å². The van der Waals surface area contributed by atoms with E-state index in [1.165, 1.54) is 0 Å². The molecule has 0 aliphatic heterocycles. The molecule has 76 valence electrons. The summed E-state index contributed by atoms with van der Waals surface area (Å²) in [6, 6.07) is 5.28. The normalized spacial score (nSPS) is 12.6. The highest BCUT2D eigenvalue weighted by atomic mass is 35.5. The van der Waals surface area contributed by atoms with Gasteiger partial charge in [0, 0.05) is 16.1 Å². The first-order valence-electron chi connectivity index (χ1n) is 4.35. The number of nitrogens with two attached hydrogens (primary N) is 1. The summed E-state index contributed by atoms with van der Waals surface area (Å²) in [4.78, 5) is 0. The second-order valence-corrected chi connectivity index (χ2v) is 4.34. The summed E-state index contributed by atoms with van der Waals surface area (Å²) in [6.45, 7) is 5.77. The lowest BCUT2D eigenvalue weighted by atomic mass is 10.0. The third-order valence-corrected chi connectivity index (χ3v) is 2.32. The van der Waals surface area contributed by atoms with E-state index in [1.807, 2.05) is 19.1 Å². The van der Waals surface area contributed by atoms with Gasteiger partial charge in [0.1, 0.15) is 0 Å². The highest BCUT2D eigenvalue weighted by Crippen LogP contribution is 2.25. The predicted octanol–water partition coefficient (Wildman–Crippen LogP) is 3.96. The first-order chi connectivity index (χ1) is 6.49. The standard InChI is InChI=1S/C11H13Cl2N/c1-7(2)3-11(14)8-4-9(12)6-10(13)5-8/h4-6,11H,1,3,14H2,2H3/t11-/m1/s1. The molecule has 0 aromatic heterocycles. The summed E-state index contributed by atoms with van der Waals surface area (Å²) in [5.41, 5.74) is 7.95. The van der Waals surface area contributed by atoms with Crippen molar-refractivity contribution in [2.75, 3.05) is 0 Å². The van der Waals surface area contributed by atoms with Crippen LogP contribution in [-0.2, 0) is 0 Å². The number of benzene rings is 1. The van der Waals surface area contributed by atoms with Gasteiger partial charge in [-0.1, -0.05) is 28.8 Å². The Balaban J connectivity index is 2.89. The van der Waals surface area contributed by atoms with Crippen molar-refractivity contribution in [2.45, 2.75) is 19.4 Å². The van der Waals surface area contributed by atoms with E-state index in [1.54, 1.807) is 6.07 Å². The Morgan fingerprint density at radius 2 is 1.86 bits per heavy atom. The van der Waals surface area contributed by atoms with Crippen molar-refractivity contribution in [3.63, 3.8) is 0 Å². The maximum Gasteiger partial charge on any atom is 0.0424 e. The van der Waals surface area contributed by atoms with Gasteiger partial charge in [-0.2, -0.15) is 0 Å². The van der Waals surface area contributed by atoms with E-state index in [9.17, 15) is 0 Å². The van der Waals surface area contributed by atoms with Crippen molar-refractivity contribution in [1.82, 2.24) is 0 Å². The van der Waals surface area contributed by atoms with Gasteiger partial charge >= 0.3 is 0 Å². The maximum absolute atomic E-state index is 5.96. The van der Waals surface area contributed by atoms with Crippen LogP contribution in [0.5, 0.6) is 0 Å². The summed E-state index contributed by atoms with van der Waals surface area (Å²) >= 11 is 11.7. The van der Waals surface area contributed by atoms with Gasteiger partial charge in [0.15, 0.2) is 0 Å². The minimum atomic E-state index is -0.0799. The van der Waals surface area contributed by atoms with Gasteiger partial charge in [0.25, 0.3) is 0 Å². The molecule has 1 rings (SSSR count). The number of halogens is 2. The topological polar surface area (TPSA) is 26.0 Å². The van der Waals surface area contributed by atoms with Crippen molar-refractivity contribution in [2.24, 2.45) is 5.73 Å². The third kappa shape index (κ3) is 3.33. The van der Waals surface area contributed by atoms with Gasteiger partial charge < -0.3 is 5.73 Å². The van der Waals surface area contributed by atoms with E-state index < -0.39 is 0 Å². The lowest BCUT2D eigenvalue weighted by molar-refractivity contribution is 0.717. The molecule has 1 aromatic carbocycles. The van der Waals surface area contributed by atoms with Crippen LogP contribution in [-0.4, -0.2) is 0 Å². The van der Waals surface area contributed by atoms with E-state index in [2.05, 4.69) is 6.58 Å². The Morgan fingerprint density at radius 1 is 1.36 bits per heavy atom. The van der Waals surface area contributed by atoms with Crippen LogP contribution >= 0.6 is 23.2 Å². The number of rotatable bonds is 3. The molecule has 1 nitrogen and oxygen atoms in total. The largest absolute Gasteiger partial charge is 0.324 e. The molecule has 0 heterocycles. The SMILES string of the molecule is C=C(C)C[C@@H](N)c1cc(Cl)cc(Cl)c1. The summed E-state index contributed by atoms with van der Waals surface area (Å²) in [5, 5.41) is 1.23. The summed E-state index contributed by atoms with van der Waals surface area (Å²) in [6.07, 6.45) is 0.747.